The normalized spacial score (nSPS) is 13.1. The third-order valence-corrected chi connectivity index (χ3v) is 6.89. The van der Waals surface area contributed by atoms with Gasteiger partial charge in [0, 0.05) is 11.4 Å². The summed E-state index contributed by atoms with van der Waals surface area (Å²) in [4.78, 5) is 9.07. The molecule has 0 aliphatic rings. The molecule has 34 heavy (non-hydrogen) atoms. The average molecular weight is 520 g/mol. The lowest BCUT2D eigenvalue weighted by Gasteiger charge is -2.25. The van der Waals surface area contributed by atoms with E-state index < -0.39 is 14.6 Å². The van der Waals surface area contributed by atoms with Crippen LogP contribution in [-0.4, -0.2) is 30.2 Å². The van der Waals surface area contributed by atoms with Crippen LogP contribution in [0.25, 0.3) is 0 Å². The summed E-state index contributed by atoms with van der Waals surface area (Å²) in [6.07, 6.45) is -1.40. The fraction of sp³-hybridized carbons (Fsp3) is 0.500. The van der Waals surface area contributed by atoms with Crippen LogP contribution in [0, 0.1) is 0 Å². The molecule has 0 heterocycles. The molecular weight excluding hydrogens is 486 g/mol. The van der Waals surface area contributed by atoms with Gasteiger partial charge in [-0.3, -0.25) is 4.57 Å². The standard InChI is InChI=1S/C24H33F3NO4PS/c1-23(2,20-9-4-3-5-10-20)13-6-7-16-34-22-12-11-19(17-21(22)32-24(25,26)27)18-28-14-8-15-31-33(29)30/h3-5,9-12,17,28,33H,6-8,13-16,18H2,1-2H3,(H,29,30). The maximum absolute atomic E-state index is 12.9. The molecule has 2 rings (SSSR count). The van der Waals surface area contributed by atoms with Gasteiger partial charge in [0.15, 0.2) is 0 Å². The van der Waals surface area contributed by atoms with Gasteiger partial charge >= 0.3 is 14.6 Å². The van der Waals surface area contributed by atoms with Crippen LogP contribution in [-0.2, 0) is 21.0 Å². The summed E-state index contributed by atoms with van der Waals surface area (Å²) in [6, 6.07) is 15.2. The Hall–Kier alpha value is -1.51. The minimum atomic E-state index is -4.76. The van der Waals surface area contributed by atoms with E-state index in [4.69, 9.17) is 4.89 Å². The van der Waals surface area contributed by atoms with E-state index in [1.807, 2.05) is 18.2 Å². The predicted molar refractivity (Wildman–Crippen MR) is 131 cm³/mol. The van der Waals surface area contributed by atoms with Crippen molar-refractivity contribution in [3.05, 3.63) is 59.7 Å². The molecule has 0 aliphatic heterocycles. The van der Waals surface area contributed by atoms with Crippen molar-refractivity contribution in [2.24, 2.45) is 0 Å². The highest BCUT2D eigenvalue weighted by Gasteiger charge is 2.32. The molecule has 1 unspecified atom stereocenters. The number of hydrogen-bond acceptors (Lipinski definition) is 5. The molecule has 0 bridgehead atoms. The number of thioether (sulfide) groups is 1. The highest BCUT2D eigenvalue weighted by Crippen LogP contribution is 2.35. The number of ether oxygens (including phenoxy) is 1. The summed E-state index contributed by atoms with van der Waals surface area (Å²) < 4.78 is 58.2. The zero-order valence-electron chi connectivity index (χ0n) is 19.5. The molecule has 0 saturated carbocycles. The van der Waals surface area contributed by atoms with Crippen molar-refractivity contribution in [1.82, 2.24) is 5.32 Å². The summed E-state index contributed by atoms with van der Waals surface area (Å²) >= 11 is 1.37. The third kappa shape index (κ3) is 11.3. The zero-order chi connectivity index (χ0) is 25.0. The van der Waals surface area contributed by atoms with E-state index in [9.17, 15) is 17.7 Å². The van der Waals surface area contributed by atoms with Crippen LogP contribution in [0.1, 0.15) is 50.7 Å². The Morgan fingerprint density at radius 1 is 1.06 bits per heavy atom. The Morgan fingerprint density at radius 3 is 2.47 bits per heavy atom. The fourth-order valence-corrected chi connectivity index (χ4v) is 4.75. The van der Waals surface area contributed by atoms with Gasteiger partial charge in [-0.05, 0) is 60.2 Å². The lowest BCUT2D eigenvalue weighted by molar-refractivity contribution is -0.275. The van der Waals surface area contributed by atoms with Crippen LogP contribution in [0.3, 0.4) is 0 Å². The second-order valence-electron chi connectivity index (χ2n) is 8.53. The van der Waals surface area contributed by atoms with Gasteiger partial charge in [-0.25, -0.2) is 0 Å². The van der Waals surface area contributed by atoms with Crippen molar-refractivity contribution >= 4 is 20.0 Å². The molecule has 0 radical (unpaired) electrons. The molecule has 5 nitrogen and oxygen atoms in total. The Bertz CT molecular complexity index is 898. The van der Waals surface area contributed by atoms with Crippen molar-refractivity contribution in [2.75, 3.05) is 18.9 Å². The SMILES string of the molecule is CC(C)(CCCCSc1ccc(CNCCCO[PH](=O)O)cc1OC(F)(F)F)c1ccccc1. The summed E-state index contributed by atoms with van der Waals surface area (Å²) in [5.41, 5.74) is 1.99. The molecule has 2 aromatic carbocycles. The first-order chi connectivity index (χ1) is 16.1. The second-order valence-corrected chi connectivity index (χ2v) is 10.5. The van der Waals surface area contributed by atoms with Crippen LogP contribution in [0.5, 0.6) is 5.75 Å². The van der Waals surface area contributed by atoms with Crippen molar-refractivity contribution < 1.29 is 31.9 Å². The highest BCUT2D eigenvalue weighted by molar-refractivity contribution is 7.99. The Morgan fingerprint density at radius 2 is 1.79 bits per heavy atom. The van der Waals surface area contributed by atoms with Gasteiger partial charge < -0.3 is 19.5 Å². The number of hydrogen-bond donors (Lipinski definition) is 2. The lowest BCUT2D eigenvalue weighted by atomic mass is 9.80. The van der Waals surface area contributed by atoms with Crippen LogP contribution in [0.4, 0.5) is 13.2 Å². The molecule has 0 fully saturated rings. The molecule has 1 atom stereocenters. The zero-order valence-corrected chi connectivity index (χ0v) is 21.3. The van der Waals surface area contributed by atoms with Gasteiger partial charge in [0.1, 0.15) is 5.75 Å². The second kappa shape index (κ2) is 14.1. The van der Waals surface area contributed by atoms with Gasteiger partial charge in [-0.2, -0.15) is 0 Å². The summed E-state index contributed by atoms with van der Waals surface area (Å²) in [5.74, 6) is 0.508. The summed E-state index contributed by atoms with van der Waals surface area (Å²) in [5, 5.41) is 3.08. The average Bonchev–Trinajstić information content (AvgIpc) is 2.76. The Labute approximate surface area is 204 Å². The molecule has 0 aliphatic carbocycles. The number of halogens is 3. The van der Waals surface area contributed by atoms with E-state index in [1.54, 1.807) is 12.1 Å². The van der Waals surface area contributed by atoms with Crippen LogP contribution in [0.2, 0.25) is 0 Å². The molecule has 10 heteroatoms. The van der Waals surface area contributed by atoms with Gasteiger partial charge in [-0.15, -0.1) is 24.9 Å². The molecule has 0 aromatic heterocycles. The van der Waals surface area contributed by atoms with Crippen molar-refractivity contribution in [3.63, 3.8) is 0 Å². The van der Waals surface area contributed by atoms with Gasteiger partial charge in [0.2, 0.25) is 0 Å². The minimum absolute atomic E-state index is 0.0491. The van der Waals surface area contributed by atoms with Gasteiger partial charge in [0.05, 0.1) is 6.61 Å². The van der Waals surface area contributed by atoms with E-state index in [1.165, 1.54) is 23.4 Å². The Balaban J connectivity index is 1.85. The molecule has 0 saturated heterocycles. The van der Waals surface area contributed by atoms with E-state index in [0.717, 1.165) is 19.3 Å². The first kappa shape index (κ1) is 28.7. The van der Waals surface area contributed by atoms with Gasteiger partial charge in [0.25, 0.3) is 0 Å². The quantitative estimate of drug-likeness (QED) is 0.155. The van der Waals surface area contributed by atoms with E-state index in [0.29, 0.717) is 35.7 Å². The van der Waals surface area contributed by atoms with E-state index >= 15 is 0 Å². The van der Waals surface area contributed by atoms with Crippen molar-refractivity contribution in [1.29, 1.82) is 0 Å². The molecule has 2 aromatic rings. The maximum Gasteiger partial charge on any atom is 0.573 e. The number of rotatable bonds is 15. The number of alkyl halides is 3. The maximum atomic E-state index is 12.9. The molecule has 190 valence electrons. The lowest BCUT2D eigenvalue weighted by Crippen LogP contribution is -2.19. The first-order valence-corrected chi connectivity index (χ1v) is 13.5. The molecule has 0 spiro atoms. The van der Waals surface area contributed by atoms with Crippen LogP contribution < -0.4 is 10.1 Å². The van der Waals surface area contributed by atoms with Crippen molar-refractivity contribution in [3.8, 4) is 5.75 Å². The molecular formula is C24H33F3NO4PS. The van der Waals surface area contributed by atoms with Gasteiger partial charge in [-0.1, -0.05) is 56.7 Å². The number of nitrogens with one attached hydrogen (secondary N) is 1. The topological polar surface area (TPSA) is 67.8 Å². The fourth-order valence-electron chi connectivity index (χ4n) is 3.46. The number of benzene rings is 2. The molecule has 2 N–H and O–H groups in total. The minimum Gasteiger partial charge on any atom is -0.405 e. The summed E-state index contributed by atoms with van der Waals surface area (Å²) in [6.45, 7) is 5.41. The third-order valence-electron chi connectivity index (χ3n) is 5.30. The predicted octanol–water partition coefficient (Wildman–Crippen LogP) is 6.70. The Kier molecular flexibility index (Phi) is 12.0. The largest absolute Gasteiger partial charge is 0.573 e. The molecule has 0 amide bonds. The van der Waals surface area contributed by atoms with Crippen LogP contribution in [0.15, 0.2) is 53.4 Å². The first-order valence-electron chi connectivity index (χ1n) is 11.2. The number of unbranched alkanes of at least 4 members (excludes halogenated alkanes) is 1. The highest BCUT2D eigenvalue weighted by atomic mass is 32.2. The van der Waals surface area contributed by atoms with Crippen molar-refractivity contribution in [2.45, 2.75) is 62.7 Å². The summed E-state index contributed by atoms with van der Waals surface area (Å²) in [7, 11) is -2.94. The van der Waals surface area contributed by atoms with E-state index in [2.05, 4.69) is 40.6 Å². The van der Waals surface area contributed by atoms with E-state index in [-0.39, 0.29) is 17.8 Å². The smallest absolute Gasteiger partial charge is 0.405 e. The van der Waals surface area contributed by atoms with Crippen LogP contribution >= 0.6 is 20.0 Å². The monoisotopic (exact) mass is 519 g/mol.